The summed E-state index contributed by atoms with van der Waals surface area (Å²) in [5.74, 6) is 0. The van der Waals surface area contributed by atoms with E-state index in [1.165, 1.54) is 88.3 Å². The molecule has 0 spiro atoms. The van der Waals surface area contributed by atoms with Crippen LogP contribution in [0.4, 0.5) is 34.1 Å². The smallest absolute Gasteiger partial charge is 0.0720 e. The van der Waals surface area contributed by atoms with Gasteiger partial charge in [-0.25, -0.2) is 0 Å². The first-order chi connectivity index (χ1) is 38.4. The standard InChI is InChI=1S/C77H64N2/c1-75(2,3)57-35-43-63(44-36-57)78(61-39-31-55(32-40-61)53-21-11-7-12-22-53)65-47-49-69-71(51-65)67-29-19-20-30-68(67)73-70-50-48-66(52-72(70)77(74(69)73,59-25-15-9-16-26-59)60-27-17-10-18-28-60)79(64-45-37-58(38-46-64)76(4,5)6)62-41-33-56(34-42-62)54-23-13-8-14-24-54/h7-52H,1-6H3. The summed E-state index contributed by atoms with van der Waals surface area (Å²) in [6, 6.07) is 104. The first kappa shape index (κ1) is 49.3. The average molecular weight is 1020 g/mol. The molecule has 1 aliphatic carbocycles. The van der Waals surface area contributed by atoms with Crippen molar-refractivity contribution in [1.82, 2.24) is 0 Å². The molecule has 79 heavy (non-hydrogen) atoms. The van der Waals surface area contributed by atoms with Crippen molar-refractivity contribution in [2.45, 2.75) is 57.8 Å². The summed E-state index contributed by atoms with van der Waals surface area (Å²) in [4.78, 5) is 4.88. The van der Waals surface area contributed by atoms with Gasteiger partial charge in [0.05, 0.1) is 5.41 Å². The van der Waals surface area contributed by atoms with E-state index in [1.54, 1.807) is 0 Å². The molecule has 0 amide bonds. The van der Waals surface area contributed by atoms with E-state index in [-0.39, 0.29) is 10.8 Å². The van der Waals surface area contributed by atoms with Crippen molar-refractivity contribution in [3.8, 4) is 33.4 Å². The SMILES string of the molecule is CC(C)(C)c1ccc(N(c2ccc(-c3ccccc3)cc2)c2ccc3c(c2)C(c2ccccc2)(c2ccccc2)c2c-3c3ccccc3c3cc(N(c4ccc(-c5ccccc5)cc4)c4ccc(C(C)(C)C)cc4)ccc23)cc1. The van der Waals surface area contributed by atoms with E-state index in [9.17, 15) is 0 Å². The van der Waals surface area contributed by atoms with Gasteiger partial charge in [0.15, 0.2) is 0 Å². The molecule has 0 bridgehead atoms. The number of anilines is 6. The Kier molecular flexibility index (Phi) is 12.3. The molecule has 0 unspecified atom stereocenters. The molecule has 1 aliphatic rings. The number of fused-ring (bicyclic) bond motifs is 8. The van der Waals surface area contributed by atoms with Crippen LogP contribution in [0.25, 0.3) is 54.9 Å². The number of benzene rings is 12. The average Bonchev–Trinajstić information content (AvgIpc) is 2.98. The van der Waals surface area contributed by atoms with Gasteiger partial charge >= 0.3 is 0 Å². The Balaban J connectivity index is 1.06. The summed E-state index contributed by atoms with van der Waals surface area (Å²) in [5.41, 5.74) is 20.9. The van der Waals surface area contributed by atoms with Gasteiger partial charge in [-0.05, 0) is 172 Å². The normalized spacial score (nSPS) is 12.8. The second kappa shape index (κ2) is 19.6. The van der Waals surface area contributed by atoms with Gasteiger partial charge in [0.1, 0.15) is 0 Å². The minimum Gasteiger partial charge on any atom is -0.310 e. The molecule has 0 aromatic heterocycles. The van der Waals surface area contributed by atoms with Crippen LogP contribution >= 0.6 is 0 Å². The number of nitrogens with zero attached hydrogens (tertiary/aromatic N) is 2. The highest BCUT2D eigenvalue weighted by atomic mass is 15.1. The predicted molar refractivity (Wildman–Crippen MR) is 336 cm³/mol. The van der Waals surface area contributed by atoms with Crippen LogP contribution in [0.15, 0.2) is 279 Å². The minimum atomic E-state index is -0.707. The molecule has 0 fully saturated rings. The lowest BCUT2D eigenvalue weighted by molar-refractivity contribution is 0.590. The highest BCUT2D eigenvalue weighted by Crippen LogP contribution is 2.61. The Labute approximate surface area is 466 Å². The van der Waals surface area contributed by atoms with Crippen molar-refractivity contribution in [3.05, 3.63) is 312 Å². The fourth-order valence-electron chi connectivity index (χ4n) is 12.4. The Bertz CT molecular complexity index is 4090. The summed E-state index contributed by atoms with van der Waals surface area (Å²) in [6.07, 6.45) is 0. The quantitative estimate of drug-likeness (QED) is 0.126. The molecule has 13 rings (SSSR count). The summed E-state index contributed by atoms with van der Waals surface area (Å²) in [5, 5.41) is 4.92. The van der Waals surface area contributed by atoms with E-state index >= 15 is 0 Å². The first-order valence-electron chi connectivity index (χ1n) is 27.8. The lowest BCUT2D eigenvalue weighted by Gasteiger charge is -2.36. The highest BCUT2D eigenvalue weighted by Gasteiger charge is 2.48. The van der Waals surface area contributed by atoms with Gasteiger partial charge < -0.3 is 9.80 Å². The Morgan fingerprint density at radius 2 is 0.633 bits per heavy atom. The monoisotopic (exact) mass is 1020 g/mol. The zero-order valence-corrected chi connectivity index (χ0v) is 46.0. The molecule has 0 saturated carbocycles. The maximum atomic E-state index is 2.51. The highest BCUT2D eigenvalue weighted by molar-refractivity contribution is 6.20. The van der Waals surface area contributed by atoms with Gasteiger partial charge in [-0.15, -0.1) is 0 Å². The number of hydrogen-bond donors (Lipinski definition) is 0. The van der Waals surface area contributed by atoms with Gasteiger partial charge in [0, 0.05) is 34.1 Å². The molecule has 382 valence electrons. The first-order valence-corrected chi connectivity index (χ1v) is 27.8. The molecule has 2 nitrogen and oxygen atoms in total. The molecule has 0 radical (unpaired) electrons. The van der Waals surface area contributed by atoms with E-state index in [4.69, 9.17) is 0 Å². The van der Waals surface area contributed by atoms with Crippen molar-refractivity contribution in [3.63, 3.8) is 0 Å². The summed E-state index contributed by atoms with van der Waals surface area (Å²) in [6.45, 7) is 13.7. The number of hydrogen-bond acceptors (Lipinski definition) is 2. The third-order valence-electron chi connectivity index (χ3n) is 16.4. The molecule has 0 heterocycles. The van der Waals surface area contributed by atoms with E-state index in [1.807, 2.05) is 0 Å². The lowest BCUT2D eigenvalue weighted by atomic mass is 9.66. The van der Waals surface area contributed by atoms with E-state index in [0.29, 0.717) is 0 Å². The van der Waals surface area contributed by atoms with Crippen LogP contribution in [0, 0.1) is 0 Å². The third-order valence-corrected chi connectivity index (χ3v) is 16.4. The predicted octanol–water partition coefficient (Wildman–Crippen LogP) is 21.2. The zero-order valence-electron chi connectivity index (χ0n) is 46.0. The minimum absolute atomic E-state index is 0.0153. The van der Waals surface area contributed by atoms with E-state index in [2.05, 4.69) is 330 Å². The Hall–Kier alpha value is -9.24. The topological polar surface area (TPSA) is 6.48 Å². The van der Waals surface area contributed by atoms with Crippen molar-refractivity contribution < 1.29 is 0 Å². The fourth-order valence-corrected chi connectivity index (χ4v) is 12.4. The van der Waals surface area contributed by atoms with Crippen molar-refractivity contribution in [2.75, 3.05) is 9.80 Å². The van der Waals surface area contributed by atoms with Crippen LogP contribution in [0.2, 0.25) is 0 Å². The molecule has 12 aromatic rings. The maximum Gasteiger partial charge on any atom is 0.0720 e. The van der Waals surface area contributed by atoms with E-state index in [0.717, 1.165) is 34.1 Å². The summed E-state index contributed by atoms with van der Waals surface area (Å²) < 4.78 is 0. The lowest BCUT2D eigenvalue weighted by Crippen LogP contribution is -2.29. The second-order valence-electron chi connectivity index (χ2n) is 23.3. The van der Waals surface area contributed by atoms with Crippen LogP contribution in [-0.4, -0.2) is 0 Å². The van der Waals surface area contributed by atoms with Crippen LogP contribution in [-0.2, 0) is 16.2 Å². The maximum absolute atomic E-state index is 2.51. The Morgan fingerprint density at radius 3 is 1.08 bits per heavy atom. The third kappa shape index (κ3) is 8.69. The van der Waals surface area contributed by atoms with Crippen molar-refractivity contribution in [1.29, 1.82) is 0 Å². The van der Waals surface area contributed by atoms with E-state index < -0.39 is 5.41 Å². The number of rotatable bonds is 10. The van der Waals surface area contributed by atoms with Gasteiger partial charge in [0.2, 0.25) is 0 Å². The summed E-state index contributed by atoms with van der Waals surface area (Å²) >= 11 is 0. The van der Waals surface area contributed by atoms with Crippen LogP contribution in [0.1, 0.15) is 74.9 Å². The fraction of sp³-hybridized carbons (Fsp3) is 0.117. The van der Waals surface area contributed by atoms with Crippen molar-refractivity contribution >= 4 is 55.7 Å². The molecule has 2 heteroatoms. The van der Waals surface area contributed by atoms with Gasteiger partial charge in [-0.1, -0.05) is 248 Å². The molecular formula is C77H64N2. The molecule has 0 saturated heterocycles. The van der Waals surface area contributed by atoms with Crippen LogP contribution in [0.3, 0.4) is 0 Å². The second-order valence-corrected chi connectivity index (χ2v) is 23.3. The molecule has 0 N–H and O–H groups in total. The van der Waals surface area contributed by atoms with Crippen LogP contribution < -0.4 is 9.80 Å². The van der Waals surface area contributed by atoms with Crippen molar-refractivity contribution in [2.24, 2.45) is 0 Å². The van der Waals surface area contributed by atoms with Gasteiger partial charge in [0.25, 0.3) is 0 Å². The Morgan fingerprint density at radius 1 is 0.278 bits per heavy atom. The zero-order chi connectivity index (χ0) is 53.9. The molecule has 12 aromatic carbocycles. The summed E-state index contributed by atoms with van der Waals surface area (Å²) in [7, 11) is 0. The van der Waals surface area contributed by atoms with Crippen LogP contribution in [0.5, 0.6) is 0 Å². The molecule has 0 aliphatic heterocycles. The molecular weight excluding hydrogens is 953 g/mol. The van der Waals surface area contributed by atoms with Gasteiger partial charge in [-0.2, -0.15) is 0 Å². The largest absolute Gasteiger partial charge is 0.310 e. The molecule has 0 atom stereocenters. The van der Waals surface area contributed by atoms with Gasteiger partial charge in [-0.3, -0.25) is 0 Å².